The van der Waals surface area contributed by atoms with E-state index in [1.54, 1.807) is 48.5 Å². The Bertz CT molecular complexity index is 1350. The number of hydrogen-bond acceptors (Lipinski definition) is 4. The maximum absolute atomic E-state index is 12.8. The zero-order valence-electron chi connectivity index (χ0n) is 14.9. The summed E-state index contributed by atoms with van der Waals surface area (Å²) in [6.07, 6.45) is 0. The van der Waals surface area contributed by atoms with E-state index in [9.17, 15) is 19.5 Å². The summed E-state index contributed by atoms with van der Waals surface area (Å²) in [6.45, 7) is -0.185. The molecule has 1 amide bonds. The summed E-state index contributed by atoms with van der Waals surface area (Å²) in [6, 6.07) is 14.7. The molecule has 0 saturated heterocycles. The molecule has 0 saturated carbocycles. The number of anilines is 1. The van der Waals surface area contributed by atoms with Crippen LogP contribution in [0.15, 0.2) is 64.2 Å². The first-order chi connectivity index (χ1) is 14.0. The molecule has 2 aromatic carbocycles. The molecule has 146 valence electrons. The second kappa shape index (κ2) is 7.42. The molecule has 0 atom stereocenters. The Hall–Kier alpha value is -3.62. The lowest BCUT2D eigenvalue weighted by molar-refractivity contribution is 0.102. The summed E-state index contributed by atoms with van der Waals surface area (Å²) in [7, 11) is 0. The third-order valence-corrected chi connectivity index (χ3v) is 4.61. The molecule has 0 unspecified atom stereocenters. The number of nitrogens with one attached hydrogen (secondary N) is 3. The minimum absolute atomic E-state index is 0.0355. The minimum atomic E-state index is -0.711. The van der Waals surface area contributed by atoms with Crippen molar-refractivity contribution in [2.24, 2.45) is 0 Å². The van der Waals surface area contributed by atoms with Crippen molar-refractivity contribution in [3.05, 3.63) is 91.5 Å². The van der Waals surface area contributed by atoms with E-state index in [0.717, 1.165) is 4.52 Å². The van der Waals surface area contributed by atoms with E-state index in [4.69, 9.17) is 11.6 Å². The zero-order valence-corrected chi connectivity index (χ0v) is 15.7. The highest BCUT2D eigenvalue weighted by Crippen LogP contribution is 2.21. The minimum Gasteiger partial charge on any atom is -0.392 e. The molecule has 0 bridgehead atoms. The van der Waals surface area contributed by atoms with Crippen molar-refractivity contribution in [3.8, 4) is 11.3 Å². The van der Waals surface area contributed by atoms with Crippen LogP contribution in [0.5, 0.6) is 0 Å². The molecule has 0 spiro atoms. The number of fused-ring (bicyclic) bond motifs is 1. The lowest BCUT2D eigenvalue weighted by Crippen LogP contribution is -2.20. The maximum Gasteiger partial charge on any atom is 0.279 e. The molecule has 0 radical (unpaired) electrons. The van der Waals surface area contributed by atoms with Crippen LogP contribution < -0.4 is 16.4 Å². The molecule has 29 heavy (non-hydrogen) atoms. The van der Waals surface area contributed by atoms with Gasteiger partial charge >= 0.3 is 0 Å². The second-order valence-electron chi connectivity index (χ2n) is 6.34. The number of halogens is 1. The second-order valence-corrected chi connectivity index (χ2v) is 6.78. The number of rotatable bonds is 4. The third kappa shape index (κ3) is 3.58. The van der Waals surface area contributed by atoms with Gasteiger partial charge in [0.05, 0.1) is 12.3 Å². The molecule has 0 aliphatic rings. The summed E-state index contributed by atoms with van der Waals surface area (Å²) in [5.74, 6) is -0.692. The number of benzene rings is 2. The number of aromatic nitrogens is 3. The molecule has 9 heteroatoms. The van der Waals surface area contributed by atoms with Gasteiger partial charge in [0.15, 0.2) is 5.65 Å². The molecule has 8 nitrogen and oxygen atoms in total. The van der Waals surface area contributed by atoms with Gasteiger partial charge < -0.3 is 15.4 Å². The van der Waals surface area contributed by atoms with Gasteiger partial charge in [-0.3, -0.25) is 19.5 Å². The van der Waals surface area contributed by atoms with E-state index in [0.29, 0.717) is 27.5 Å². The first-order valence-electron chi connectivity index (χ1n) is 8.61. The highest BCUT2D eigenvalue weighted by molar-refractivity contribution is 6.30. The largest absolute Gasteiger partial charge is 0.392 e. The standard InChI is InChI=1S/C20H15ClN4O4/c21-13-5-2-4-12(8-13)15-9-16(27)25-18(23-15)17(20(29)24-25)19(28)22-14-6-1-3-11(7-14)10-26/h1-9,23,26H,10H2,(H,22,28)(H,24,29). The third-order valence-electron chi connectivity index (χ3n) is 4.37. The van der Waals surface area contributed by atoms with E-state index in [1.165, 1.54) is 6.07 Å². The average molecular weight is 411 g/mol. The topological polar surface area (TPSA) is 119 Å². The first-order valence-corrected chi connectivity index (χ1v) is 8.99. The molecule has 4 aromatic rings. The van der Waals surface area contributed by atoms with E-state index < -0.39 is 17.0 Å². The summed E-state index contributed by atoms with van der Waals surface area (Å²) < 4.78 is 0.982. The fraction of sp³-hybridized carbons (Fsp3) is 0.0500. The SMILES string of the molecule is O=C(Nc1cccc(CO)c1)c1c(=O)[nH]n2c(=O)cc(-c3cccc(Cl)c3)[nH]c12. The van der Waals surface area contributed by atoms with Gasteiger partial charge in [-0.05, 0) is 35.4 Å². The molecule has 4 N–H and O–H groups in total. The number of amides is 1. The fourth-order valence-electron chi connectivity index (χ4n) is 3.03. The summed E-state index contributed by atoms with van der Waals surface area (Å²) >= 11 is 6.02. The quantitative estimate of drug-likeness (QED) is 0.413. The van der Waals surface area contributed by atoms with Gasteiger partial charge in [-0.15, -0.1) is 0 Å². The number of aliphatic hydroxyl groups is 1. The molecule has 0 aliphatic heterocycles. The smallest absolute Gasteiger partial charge is 0.279 e. The van der Waals surface area contributed by atoms with Crippen LogP contribution in [0, 0.1) is 0 Å². The number of hydrogen-bond donors (Lipinski definition) is 4. The maximum atomic E-state index is 12.8. The van der Waals surface area contributed by atoms with Crippen LogP contribution in [0.1, 0.15) is 15.9 Å². The summed E-state index contributed by atoms with van der Waals surface area (Å²) in [5, 5.41) is 14.7. The van der Waals surface area contributed by atoms with Crippen molar-refractivity contribution < 1.29 is 9.90 Å². The van der Waals surface area contributed by atoms with Gasteiger partial charge in [0.1, 0.15) is 5.56 Å². The van der Waals surface area contributed by atoms with Crippen LogP contribution in [0.25, 0.3) is 16.9 Å². The average Bonchev–Trinajstić information content (AvgIpc) is 3.04. The highest BCUT2D eigenvalue weighted by Gasteiger charge is 2.20. The van der Waals surface area contributed by atoms with Crippen molar-refractivity contribution in [2.75, 3.05) is 5.32 Å². The van der Waals surface area contributed by atoms with Gasteiger partial charge in [-0.25, -0.2) is 0 Å². The van der Waals surface area contributed by atoms with E-state index in [1.807, 2.05) is 0 Å². The molecule has 2 aromatic heterocycles. The molecular formula is C20H15ClN4O4. The number of H-pyrrole nitrogens is 2. The summed E-state index contributed by atoms with van der Waals surface area (Å²) in [5.41, 5.74) is 0.641. The Morgan fingerprint density at radius 2 is 1.90 bits per heavy atom. The Labute approximate surface area is 168 Å². The molecular weight excluding hydrogens is 396 g/mol. The normalized spacial score (nSPS) is 11.0. The van der Waals surface area contributed by atoms with Crippen LogP contribution in [0.4, 0.5) is 5.69 Å². The number of carbonyl (C=O) groups is 1. The van der Waals surface area contributed by atoms with Crippen molar-refractivity contribution in [1.82, 2.24) is 14.6 Å². The highest BCUT2D eigenvalue weighted by atomic mass is 35.5. The van der Waals surface area contributed by atoms with Gasteiger partial charge in [0, 0.05) is 16.8 Å². The number of aromatic amines is 2. The lowest BCUT2D eigenvalue weighted by Gasteiger charge is -2.07. The van der Waals surface area contributed by atoms with Crippen LogP contribution >= 0.6 is 11.6 Å². The monoisotopic (exact) mass is 410 g/mol. The molecule has 4 rings (SSSR count). The predicted octanol–water partition coefficient (Wildman–Crippen LogP) is 2.38. The Morgan fingerprint density at radius 3 is 2.66 bits per heavy atom. The number of aliphatic hydroxyl groups excluding tert-OH is 1. The van der Waals surface area contributed by atoms with E-state index in [2.05, 4.69) is 15.4 Å². The molecule has 2 heterocycles. The first kappa shape index (κ1) is 18.7. The van der Waals surface area contributed by atoms with E-state index in [-0.39, 0.29) is 17.8 Å². The van der Waals surface area contributed by atoms with Crippen LogP contribution in [-0.2, 0) is 6.61 Å². The van der Waals surface area contributed by atoms with Gasteiger partial charge in [0.2, 0.25) is 0 Å². The zero-order chi connectivity index (χ0) is 20.5. The van der Waals surface area contributed by atoms with Gasteiger partial charge in [-0.2, -0.15) is 4.52 Å². The lowest BCUT2D eigenvalue weighted by atomic mass is 10.1. The predicted molar refractivity (Wildman–Crippen MR) is 109 cm³/mol. The number of nitrogens with zero attached hydrogens (tertiary/aromatic N) is 1. The fourth-order valence-corrected chi connectivity index (χ4v) is 3.22. The van der Waals surface area contributed by atoms with Crippen molar-refractivity contribution >= 4 is 28.8 Å². The van der Waals surface area contributed by atoms with Crippen LogP contribution in [0.3, 0.4) is 0 Å². The molecule has 0 aliphatic carbocycles. The molecule has 0 fully saturated rings. The summed E-state index contributed by atoms with van der Waals surface area (Å²) in [4.78, 5) is 40.6. The van der Waals surface area contributed by atoms with Crippen LogP contribution in [-0.4, -0.2) is 25.6 Å². The van der Waals surface area contributed by atoms with Crippen molar-refractivity contribution in [3.63, 3.8) is 0 Å². The van der Waals surface area contributed by atoms with Crippen LogP contribution in [0.2, 0.25) is 5.02 Å². The number of carbonyl (C=O) groups excluding carboxylic acids is 1. The van der Waals surface area contributed by atoms with E-state index >= 15 is 0 Å². The van der Waals surface area contributed by atoms with Crippen molar-refractivity contribution in [2.45, 2.75) is 6.61 Å². The van der Waals surface area contributed by atoms with Crippen molar-refractivity contribution in [1.29, 1.82) is 0 Å². The Balaban J connectivity index is 1.81. The Kier molecular flexibility index (Phi) is 4.79. The Morgan fingerprint density at radius 1 is 1.10 bits per heavy atom. The van der Waals surface area contributed by atoms with Gasteiger partial charge in [-0.1, -0.05) is 35.9 Å². The van der Waals surface area contributed by atoms with Gasteiger partial charge in [0.25, 0.3) is 17.0 Å².